The van der Waals surface area contributed by atoms with E-state index in [2.05, 4.69) is 4.74 Å². The summed E-state index contributed by atoms with van der Waals surface area (Å²) in [6, 6.07) is 3.78. The molecule has 1 aliphatic rings. The standard InChI is InChI=1S/C20H10ClF4NO5/c21-20(30)11-7-10(26-14(27)4-5-15(26)28)3-1-9(11)2-6-16(29)31-19-17(24)12(22)8-13(23)18(19)25/h1,3-5,7-8H,2,6H2. The number of hydrogen-bond acceptors (Lipinski definition) is 5. The number of carbonyl (C=O) groups is 4. The van der Waals surface area contributed by atoms with Gasteiger partial charge >= 0.3 is 5.97 Å². The maximum Gasteiger partial charge on any atom is 0.311 e. The van der Waals surface area contributed by atoms with Crippen LogP contribution < -0.4 is 9.64 Å². The quantitative estimate of drug-likeness (QED) is 0.166. The van der Waals surface area contributed by atoms with Gasteiger partial charge in [-0.25, -0.2) is 13.7 Å². The van der Waals surface area contributed by atoms with E-state index in [9.17, 15) is 36.7 Å². The first kappa shape index (κ1) is 22.2. The molecule has 0 radical (unpaired) electrons. The van der Waals surface area contributed by atoms with Crippen molar-refractivity contribution >= 4 is 40.3 Å². The van der Waals surface area contributed by atoms with Crippen LogP contribution in [-0.4, -0.2) is 23.0 Å². The lowest BCUT2D eigenvalue weighted by Crippen LogP contribution is -2.29. The molecule has 0 saturated carbocycles. The van der Waals surface area contributed by atoms with Crippen LogP contribution in [0.4, 0.5) is 23.2 Å². The number of esters is 1. The third-order valence-electron chi connectivity index (χ3n) is 4.26. The summed E-state index contributed by atoms with van der Waals surface area (Å²) in [4.78, 5) is 48.0. The summed E-state index contributed by atoms with van der Waals surface area (Å²) in [6.07, 6.45) is 1.33. The molecule has 0 N–H and O–H groups in total. The Balaban J connectivity index is 1.77. The van der Waals surface area contributed by atoms with Crippen molar-refractivity contribution in [1.82, 2.24) is 0 Å². The van der Waals surface area contributed by atoms with E-state index in [0.29, 0.717) is 0 Å². The lowest BCUT2D eigenvalue weighted by molar-refractivity contribution is -0.134. The van der Waals surface area contributed by atoms with E-state index in [0.717, 1.165) is 17.1 Å². The Morgan fingerprint density at radius 1 is 0.935 bits per heavy atom. The Morgan fingerprint density at radius 3 is 2.06 bits per heavy atom. The van der Waals surface area contributed by atoms with Crippen LogP contribution in [0.25, 0.3) is 0 Å². The molecule has 0 unspecified atom stereocenters. The number of carbonyl (C=O) groups excluding carboxylic acids is 4. The fourth-order valence-corrected chi connectivity index (χ4v) is 2.98. The van der Waals surface area contributed by atoms with Crippen LogP contribution in [0.3, 0.4) is 0 Å². The van der Waals surface area contributed by atoms with E-state index >= 15 is 0 Å². The molecule has 0 bridgehead atoms. The lowest BCUT2D eigenvalue weighted by Gasteiger charge is -2.16. The molecule has 0 aliphatic carbocycles. The average Bonchev–Trinajstić information content (AvgIpc) is 3.06. The summed E-state index contributed by atoms with van der Waals surface area (Å²) in [7, 11) is 0. The van der Waals surface area contributed by atoms with Gasteiger partial charge in [-0.1, -0.05) is 6.07 Å². The fraction of sp³-hybridized carbons (Fsp3) is 0.100. The molecule has 0 spiro atoms. The zero-order chi connectivity index (χ0) is 22.9. The molecule has 0 fully saturated rings. The maximum absolute atomic E-state index is 13.6. The third-order valence-corrected chi connectivity index (χ3v) is 4.46. The Labute approximate surface area is 176 Å². The number of rotatable bonds is 6. The second-order valence-corrected chi connectivity index (χ2v) is 6.58. The van der Waals surface area contributed by atoms with Crippen molar-refractivity contribution in [3.05, 3.63) is 70.8 Å². The highest BCUT2D eigenvalue weighted by Gasteiger charge is 2.27. The van der Waals surface area contributed by atoms with E-state index in [1.807, 2.05) is 0 Å². The van der Waals surface area contributed by atoms with Gasteiger partial charge in [-0.15, -0.1) is 0 Å². The fourth-order valence-electron chi connectivity index (χ4n) is 2.80. The number of benzene rings is 2. The number of nitrogens with zero attached hydrogens (tertiary/aromatic N) is 1. The van der Waals surface area contributed by atoms with Crippen LogP contribution in [0.2, 0.25) is 0 Å². The minimum absolute atomic E-state index is 0.0344. The average molecular weight is 456 g/mol. The van der Waals surface area contributed by atoms with Crippen molar-refractivity contribution in [2.45, 2.75) is 12.8 Å². The monoisotopic (exact) mass is 455 g/mol. The van der Waals surface area contributed by atoms with Crippen LogP contribution >= 0.6 is 11.6 Å². The Hall–Kier alpha value is -3.53. The third kappa shape index (κ3) is 4.48. The molecule has 2 amide bonds. The smallest absolute Gasteiger partial charge is 0.311 e. The van der Waals surface area contributed by atoms with Gasteiger partial charge in [0.15, 0.2) is 11.6 Å². The summed E-state index contributed by atoms with van der Waals surface area (Å²) in [5.74, 6) is -11.2. The Morgan fingerprint density at radius 2 is 1.52 bits per heavy atom. The molecule has 2 aromatic carbocycles. The van der Waals surface area contributed by atoms with Crippen molar-refractivity contribution < 1.29 is 41.5 Å². The van der Waals surface area contributed by atoms with E-state index in [1.54, 1.807) is 0 Å². The molecule has 11 heteroatoms. The van der Waals surface area contributed by atoms with Crippen molar-refractivity contribution in [1.29, 1.82) is 0 Å². The number of halogens is 5. The van der Waals surface area contributed by atoms with Gasteiger partial charge in [0, 0.05) is 23.8 Å². The minimum atomic E-state index is -1.87. The Bertz CT molecular complexity index is 1120. The number of amides is 2. The molecular weight excluding hydrogens is 446 g/mol. The van der Waals surface area contributed by atoms with Crippen LogP contribution in [0.1, 0.15) is 22.3 Å². The molecule has 160 valence electrons. The summed E-state index contributed by atoms with van der Waals surface area (Å²) >= 11 is 5.54. The number of ether oxygens (including phenoxy) is 1. The molecule has 6 nitrogen and oxygen atoms in total. The van der Waals surface area contributed by atoms with E-state index in [-0.39, 0.29) is 29.3 Å². The molecule has 31 heavy (non-hydrogen) atoms. The van der Waals surface area contributed by atoms with Crippen LogP contribution in [0.15, 0.2) is 36.4 Å². The highest BCUT2D eigenvalue weighted by atomic mass is 35.5. The van der Waals surface area contributed by atoms with Crippen LogP contribution in [-0.2, 0) is 20.8 Å². The molecule has 0 aromatic heterocycles. The van der Waals surface area contributed by atoms with Gasteiger partial charge in [-0.2, -0.15) is 8.78 Å². The molecular formula is C20H10ClF4NO5. The van der Waals surface area contributed by atoms with E-state index in [4.69, 9.17) is 11.6 Å². The SMILES string of the molecule is O=C(CCc1ccc(N2C(=O)C=CC2=O)cc1C(=O)Cl)Oc1c(F)c(F)cc(F)c1F. The van der Waals surface area contributed by atoms with E-state index < -0.39 is 58.5 Å². The molecule has 0 atom stereocenters. The number of imide groups is 1. The van der Waals surface area contributed by atoms with Gasteiger partial charge in [0.05, 0.1) is 12.1 Å². The molecule has 0 saturated heterocycles. The molecule has 3 rings (SSSR count). The van der Waals surface area contributed by atoms with Crippen LogP contribution in [0.5, 0.6) is 5.75 Å². The van der Waals surface area contributed by atoms with Crippen molar-refractivity contribution in [3.63, 3.8) is 0 Å². The van der Waals surface area contributed by atoms with Gasteiger partial charge in [-0.05, 0) is 35.7 Å². The summed E-state index contributed by atoms with van der Waals surface area (Å²) in [5, 5.41) is -0.957. The Kier molecular flexibility index (Phi) is 6.21. The molecule has 2 aromatic rings. The van der Waals surface area contributed by atoms with Crippen molar-refractivity contribution in [3.8, 4) is 5.75 Å². The minimum Gasteiger partial charge on any atom is -0.420 e. The van der Waals surface area contributed by atoms with Gasteiger partial charge in [0.2, 0.25) is 17.4 Å². The summed E-state index contributed by atoms with van der Waals surface area (Å²) < 4.78 is 58.0. The topological polar surface area (TPSA) is 80.8 Å². The van der Waals surface area contributed by atoms with Gasteiger partial charge < -0.3 is 4.74 Å². The summed E-state index contributed by atoms with van der Waals surface area (Å²) in [6.45, 7) is 0. The highest BCUT2D eigenvalue weighted by molar-refractivity contribution is 6.68. The molecule has 1 aliphatic heterocycles. The number of aryl methyl sites for hydroxylation is 1. The summed E-state index contributed by atoms with van der Waals surface area (Å²) in [5.41, 5.74) is 0.127. The zero-order valence-corrected chi connectivity index (χ0v) is 16.0. The largest absolute Gasteiger partial charge is 0.420 e. The second-order valence-electron chi connectivity index (χ2n) is 6.23. The number of hydrogen-bond donors (Lipinski definition) is 0. The van der Waals surface area contributed by atoms with Gasteiger partial charge in [0.1, 0.15) is 0 Å². The highest BCUT2D eigenvalue weighted by Crippen LogP contribution is 2.28. The van der Waals surface area contributed by atoms with E-state index in [1.165, 1.54) is 18.2 Å². The first-order valence-corrected chi connectivity index (χ1v) is 8.90. The van der Waals surface area contributed by atoms with Gasteiger partial charge in [0.25, 0.3) is 17.1 Å². The maximum atomic E-state index is 13.6. The number of anilines is 1. The predicted octanol–water partition coefficient (Wildman–Crippen LogP) is 3.59. The van der Waals surface area contributed by atoms with Crippen molar-refractivity contribution in [2.24, 2.45) is 0 Å². The first-order valence-electron chi connectivity index (χ1n) is 8.52. The van der Waals surface area contributed by atoms with Crippen LogP contribution in [0, 0.1) is 23.3 Å². The van der Waals surface area contributed by atoms with Gasteiger partial charge in [-0.3, -0.25) is 19.2 Å². The zero-order valence-electron chi connectivity index (χ0n) is 15.3. The normalized spacial score (nSPS) is 13.1. The predicted molar refractivity (Wildman–Crippen MR) is 98.5 cm³/mol. The second kappa shape index (κ2) is 8.68. The molecule has 1 heterocycles. The van der Waals surface area contributed by atoms with Crippen molar-refractivity contribution in [2.75, 3.05) is 4.90 Å². The lowest BCUT2D eigenvalue weighted by atomic mass is 10.0. The first-order chi connectivity index (χ1) is 14.6.